The Morgan fingerprint density at radius 1 is 1.14 bits per heavy atom. The maximum Gasteiger partial charge on any atom is 0.246 e. The summed E-state index contributed by atoms with van der Waals surface area (Å²) in [5.74, 6) is 4.50. The Labute approximate surface area is 127 Å². The average molecular weight is 289 g/mol. The molecule has 4 fully saturated rings. The van der Waals surface area contributed by atoms with E-state index in [1.807, 2.05) is 0 Å². The molecule has 1 heterocycles. The molecule has 116 valence electrons. The average Bonchev–Trinajstić information content (AvgIpc) is 2.87. The second-order valence-electron chi connectivity index (χ2n) is 8.28. The van der Waals surface area contributed by atoms with Gasteiger partial charge in [0.25, 0.3) is 0 Å². The Balaban J connectivity index is 1.64. The van der Waals surface area contributed by atoms with Crippen LogP contribution in [0.1, 0.15) is 71.0 Å². The van der Waals surface area contributed by atoms with Crippen LogP contribution in [-0.2, 0) is 11.0 Å². The van der Waals surface area contributed by atoms with Crippen LogP contribution in [0.4, 0.5) is 0 Å². The molecule has 0 atom stereocenters. The zero-order chi connectivity index (χ0) is 14.7. The summed E-state index contributed by atoms with van der Waals surface area (Å²) < 4.78 is 5.65. The zero-order valence-corrected chi connectivity index (χ0v) is 13.5. The second-order valence-corrected chi connectivity index (χ2v) is 8.28. The number of rotatable bonds is 4. The van der Waals surface area contributed by atoms with Crippen LogP contribution in [0.5, 0.6) is 0 Å². The van der Waals surface area contributed by atoms with Gasteiger partial charge in [-0.25, -0.2) is 0 Å². The fourth-order valence-electron chi connectivity index (χ4n) is 5.59. The van der Waals surface area contributed by atoms with Gasteiger partial charge in [0.05, 0.1) is 5.54 Å². The molecule has 1 aromatic heterocycles. The standard InChI is InChI=1S/C17H27N3O/c1-4-18-16(2,3)15-19-14(20-21-15)17-8-11-5-12(9-17)7-13(6-11)10-17/h11-13,18H,4-10H2,1-3H3. The molecule has 4 aliphatic carbocycles. The van der Waals surface area contributed by atoms with Gasteiger partial charge >= 0.3 is 0 Å². The van der Waals surface area contributed by atoms with Crippen molar-refractivity contribution in [2.75, 3.05) is 6.54 Å². The topological polar surface area (TPSA) is 51.0 Å². The third kappa shape index (κ3) is 2.14. The van der Waals surface area contributed by atoms with Gasteiger partial charge < -0.3 is 9.84 Å². The van der Waals surface area contributed by atoms with E-state index in [1.54, 1.807) is 0 Å². The molecule has 0 amide bonds. The Hall–Kier alpha value is -0.900. The van der Waals surface area contributed by atoms with E-state index in [0.29, 0.717) is 0 Å². The zero-order valence-electron chi connectivity index (χ0n) is 13.5. The van der Waals surface area contributed by atoms with Gasteiger partial charge in [0.2, 0.25) is 5.89 Å². The molecule has 4 nitrogen and oxygen atoms in total. The predicted octanol–water partition coefficient (Wildman–Crippen LogP) is 3.38. The molecule has 0 radical (unpaired) electrons. The number of nitrogens with zero attached hydrogens (tertiary/aromatic N) is 2. The second kappa shape index (κ2) is 4.55. The minimum atomic E-state index is -0.234. The lowest BCUT2D eigenvalue weighted by atomic mass is 9.49. The molecule has 0 spiro atoms. The van der Waals surface area contributed by atoms with Crippen LogP contribution in [0.15, 0.2) is 4.52 Å². The lowest BCUT2D eigenvalue weighted by molar-refractivity contribution is -0.0103. The van der Waals surface area contributed by atoms with Gasteiger partial charge in [0.1, 0.15) is 0 Å². The SMILES string of the molecule is CCNC(C)(C)c1nc(C23CC4CC(CC(C4)C2)C3)no1. The highest BCUT2D eigenvalue weighted by Crippen LogP contribution is 2.60. The summed E-state index contributed by atoms with van der Waals surface area (Å²) >= 11 is 0. The Kier molecular flexibility index (Phi) is 2.97. The lowest BCUT2D eigenvalue weighted by Gasteiger charge is -2.55. The van der Waals surface area contributed by atoms with Gasteiger partial charge in [0.15, 0.2) is 5.82 Å². The van der Waals surface area contributed by atoms with E-state index in [-0.39, 0.29) is 11.0 Å². The predicted molar refractivity (Wildman–Crippen MR) is 80.9 cm³/mol. The molecule has 0 saturated heterocycles. The van der Waals surface area contributed by atoms with E-state index >= 15 is 0 Å². The quantitative estimate of drug-likeness (QED) is 0.923. The van der Waals surface area contributed by atoms with Gasteiger partial charge in [-0.15, -0.1) is 0 Å². The molecule has 4 aliphatic rings. The van der Waals surface area contributed by atoms with Gasteiger partial charge in [0, 0.05) is 5.41 Å². The van der Waals surface area contributed by atoms with Crippen molar-refractivity contribution in [3.63, 3.8) is 0 Å². The highest BCUT2D eigenvalue weighted by molar-refractivity contribution is 5.17. The molecule has 1 aromatic rings. The molecule has 4 bridgehead atoms. The lowest BCUT2D eigenvalue weighted by Crippen LogP contribution is -2.49. The van der Waals surface area contributed by atoms with Crippen LogP contribution in [0.25, 0.3) is 0 Å². The first-order valence-electron chi connectivity index (χ1n) is 8.60. The van der Waals surface area contributed by atoms with Gasteiger partial charge in [-0.3, -0.25) is 0 Å². The van der Waals surface area contributed by atoms with Crippen LogP contribution in [0, 0.1) is 17.8 Å². The van der Waals surface area contributed by atoms with Crippen LogP contribution in [0.2, 0.25) is 0 Å². The van der Waals surface area contributed by atoms with Crippen molar-refractivity contribution in [2.24, 2.45) is 17.8 Å². The van der Waals surface area contributed by atoms with Crippen LogP contribution in [-0.4, -0.2) is 16.7 Å². The van der Waals surface area contributed by atoms with E-state index in [4.69, 9.17) is 9.51 Å². The summed E-state index contributed by atoms with van der Waals surface area (Å²) in [4.78, 5) is 4.85. The number of hydrogen-bond donors (Lipinski definition) is 1. The number of aromatic nitrogens is 2. The van der Waals surface area contributed by atoms with Crippen LogP contribution in [0.3, 0.4) is 0 Å². The summed E-state index contributed by atoms with van der Waals surface area (Å²) in [6.45, 7) is 7.25. The highest BCUT2D eigenvalue weighted by Gasteiger charge is 2.54. The van der Waals surface area contributed by atoms with Crippen molar-refractivity contribution >= 4 is 0 Å². The summed E-state index contributed by atoms with van der Waals surface area (Å²) in [6.07, 6.45) is 8.23. The van der Waals surface area contributed by atoms with Crippen molar-refractivity contribution in [1.82, 2.24) is 15.5 Å². The van der Waals surface area contributed by atoms with Crippen molar-refractivity contribution < 1.29 is 4.52 Å². The van der Waals surface area contributed by atoms with E-state index < -0.39 is 0 Å². The third-order valence-corrected chi connectivity index (χ3v) is 6.09. The van der Waals surface area contributed by atoms with Crippen molar-refractivity contribution in [3.8, 4) is 0 Å². The third-order valence-electron chi connectivity index (χ3n) is 6.09. The summed E-state index contributed by atoms with van der Waals surface area (Å²) in [6, 6.07) is 0. The van der Waals surface area contributed by atoms with E-state index in [0.717, 1.165) is 36.0 Å². The minimum Gasteiger partial charge on any atom is -0.337 e. The normalized spacial score (nSPS) is 38.1. The van der Waals surface area contributed by atoms with Crippen molar-refractivity contribution in [2.45, 2.75) is 70.3 Å². The fourth-order valence-corrected chi connectivity index (χ4v) is 5.59. The van der Waals surface area contributed by atoms with Gasteiger partial charge in [-0.2, -0.15) is 4.98 Å². The Bertz CT molecular complexity index is 499. The Morgan fingerprint density at radius 2 is 1.71 bits per heavy atom. The maximum absolute atomic E-state index is 5.65. The van der Waals surface area contributed by atoms with E-state index in [2.05, 4.69) is 31.2 Å². The Morgan fingerprint density at radius 3 is 2.24 bits per heavy atom. The first-order valence-corrected chi connectivity index (χ1v) is 8.60. The molecule has 4 saturated carbocycles. The fraction of sp³-hybridized carbons (Fsp3) is 0.882. The molecule has 4 heteroatoms. The van der Waals surface area contributed by atoms with E-state index in [9.17, 15) is 0 Å². The minimum absolute atomic E-state index is 0.234. The summed E-state index contributed by atoms with van der Waals surface area (Å²) in [5, 5.41) is 7.86. The van der Waals surface area contributed by atoms with Crippen LogP contribution < -0.4 is 5.32 Å². The van der Waals surface area contributed by atoms with Gasteiger partial charge in [-0.1, -0.05) is 12.1 Å². The van der Waals surface area contributed by atoms with Crippen molar-refractivity contribution in [3.05, 3.63) is 11.7 Å². The van der Waals surface area contributed by atoms with Gasteiger partial charge in [-0.05, 0) is 76.7 Å². The highest BCUT2D eigenvalue weighted by atomic mass is 16.5. The molecule has 0 aliphatic heterocycles. The molecular formula is C17H27N3O. The molecule has 1 N–H and O–H groups in total. The largest absolute Gasteiger partial charge is 0.337 e. The monoisotopic (exact) mass is 289 g/mol. The summed E-state index contributed by atoms with van der Waals surface area (Å²) in [7, 11) is 0. The first kappa shape index (κ1) is 13.7. The summed E-state index contributed by atoms with van der Waals surface area (Å²) in [5.41, 5.74) is 0.00108. The maximum atomic E-state index is 5.65. The van der Waals surface area contributed by atoms with E-state index in [1.165, 1.54) is 38.5 Å². The molecule has 21 heavy (non-hydrogen) atoms. The molecular weight excluding hydrogens is 262 g/mol. The molecule has 0 unspecified atom stereocenters. The first-order chi connectivity index (χ1) is 10.0. The van der Waals surface area contributed by atoms with Crippen molar-refractivity contribution in [1.29, 1.82) is 0 Å². The molecule has 0 aromatic carbocycles. The number of hydrogen-bond acceptors (Lipinski definition) is 4. The molecule has 5 rings (SSSR count). The smallest absolute Gasteiger partial charge is 0.246 e. The van der Waals surface area contributed by atoms with Crippen LogP contribution >= 0.6 is 0 Å². The number of nitrogens with one attached hydrogen (secondary N) is 1.